The summed E-state index contributed by atoms with van der Waals surface area (Å²) in [6.45, 7) is 3.11. The average molecular weight is 332 g/mol. The maximum atomic E-state index is 12.3. The van der Waals surface area contributed by atoms with Gasteiger partial charge in [-0.1, -0.05) is 13.3 Å². The number of alkyl halides is 2. The summed E-state index contributed by atoms with van der Waals surface area (Å²) in [6, 6.07) is 1.34. The predicted molar refractivity (Wildman–Crippen MR) is 84.6 cm³/mol. The molecule has 5 nitrogen and oxygen atoms in total. The molecule has 1 saturated heterocycles. The molecule has 1 aromatic heterocycles. The monoisotopic (exact) mass is 332 g/mol. The third-order valence-electron chi connectivity index (χ3n) is 3.52. The van der Waals surface area contributed by atoms with Gasteiger partial charge in [0.1, 0.15) is 6.54 Å². The van der Waals surface area contributed by atoms with E-state index in [-0.39, 0.29) is 6.03 Å². The number of thioether (sulfide) groups is 1. The standard InChI is InChI=1S/C14H22F2N4OS/c1-2-22-11-5-3-4-7-19(9-11)14(21)17-13-6-8-20(18-13)10-12(15)16/h6,8,11-12H,2-5,7,9-10H2,1H3,(H,17,18,21)/t11-/m1/s1. The molecule has 8 heteroatoms. The minimum Gasteiger partial charge on any atom is -0.323 e. The highest BCUT2D eigenvalue weighted by Gasteiger charge is 2.22. The first-order chi connectivity index (χ1) is 10.6. The van der Waals surface area contributed by atoms with Gasteiger partial charge in [-0.05, 0) is 18.6 Å². The lowest BCUT2D eigenvalue weighted by Gasteiger charge is -2.23. The van der Waals surface area contributed by atoms with Crippen LogP contribution >= 0.6 is 11.8 Å². The number of rotatable bonds is 5. The molecule has 0 spiro atoms. The summed E-state index contributed by atoms with van der Waals surface area (Å²) in [5.74, 6) is 1.35. The van der Waals surface area contributed by atoms with Crippen LogP contribution in [0.2, 0.25) is 0 Å². The first-order valence-corrected chi connectivity index (χ1v) is 8.62. The van der Waals surface area contributed by atoms with Crippen molar-refractivity contribution in [2.24, 2.45) is 0 Å². The number of hydrogen-bond donors (Lipinski definition) is 1. The maximum absolute atomic E-state index is 12.3. The van der Waals surface area contributed by atoms with E-state index < -0.39 is 13.0 Å². The van der Waals surface area contributed by atoms with Crippen molar-refractivity contribution >= 4 is 23.6 Å². The third kappa shape index (κ3) is 5.15. The largest absolute Gasteiger partial charge is 0.323 e. The highest BCUT2D eigenvalue weighted by molar-refractivity contribution is 7.99. The number of nitrogens with one attached hydrogen (secondary N) is 1. The number of halogens is 2. The summed E-state index contributed by atoms with van der Waals surface area (Å²) in [6.07, 6.45) is 2.24. The third-order valence-corrected chi connectivity index (χ3v) is 4.71. The fourth-order valence-corrected chi connectivity index (χ4v) is 3.61. The number of carbonyl (C=O) groups excluding carboxylic acids is 1. The predicted octanol–water partition coefficient (Wildman–Crippen LogP) is 3.29. The Kier molecular flexibility index (Phi) is 6.48. The molecule has 1 N–H and O–H groups in total. The minimum absolute atomic E-state index is 0.203. The molecule has 1 aliphatic heterocycles. The van der Waals surface area contributed by atoms with Gasteiger partial charge in [0.25, 0.3) is 6.43 Å². The first-order valence-electron chi connectivity index (χ1n) is 7.57. The van der Waals surface area contributed by atoms with Gasteiger partial charge in [-0.25, -0.2) is 13.6 Å². The van der Waals surface area contributed by atoms with Crippen LogP contribution in [0.25, 0.3) is 0 Å². The van der Waals surface area contributed by atoms with E-state index in [4.69, 9.17) is 0 Å². The van der Waals surface area contributed by atoms with Crippen LogP contribution in [0.5, 0.6) is 0 Å². The van der Waals surface area contributed by atoms with Gasteiger partial charge in [0.05, 0.1) is 0 Å². The van der Waals surface area contributed by atoms with Gasteiger partial charge in [0.2, 0.25) is 0 Å². The minimum atomic E-state index is -2.46. The molecule has 0 saturated carbocycles. The normalized spacial score (nSPS) is 19.3. The number of nitrogens with zero attached hydrogens (tertiary/aromatic N) is 3. The molecule has 2 amide bonds. The fraction of sp³-hybridized carbons (Fsp3) is 0.714. The molecule has 124 valence electrons. The molecule has 0 radical (unpaired) electrons. The van der Waals surface area contributed by atoms with Crippen LogP contribution in [0.15, 0.2) is 12.3 Å². The lowest BCUT2D eigenvalue weighted by atomic mass is 10.2. The van der Waals surface area contributed by atoms with Crippen molar-refractivity contribution in [2.75, 3.05) is 24.2 Å². The molecular weight excluding hydrogens is 310 g/mol. The molecule has 1 fully saturated rings. The van der Waals surface area contributed by atoms with Gasteiger partial charge in [0, 0.05) is 30.6 Å². The summed E-state index contributed by atoms with van der Waals surface area (Å²) >= 11 is 1.88. The summed E-state index contributed by atoms with van der Waals surface area (Å²) in [5.41, 5.74) is 0. The summed E-state index contributed by atoms with van der Waals surface area (Å²) in [7, 11) is 0. The number of carbonyl (C=O) groups is 1. The fourth-order valence-electron chi connectivity index (χ4n) is 2.52. The van der Waals surface area contributed by atoms with Crippen LogP contribution < -0.4 is 5.32 Å². The van der Waals surface area contributed by atoms with E-state index in [0.717, 1.165) is 42.8 Å². The number of amides is 2. The summed E-state index contributed by atoms with van der Waals surface area (Å²) < 4.78 is 25.7. The second-order valence-corrected chi connectivity index (χ2v) is 6.84. The quantitative estimate of drug-likeness (QED) is 0.900. The summed E-state index contributed by atoms with van der Waals surface area (Å²) in [5, 5.41) is 7.10. The SMILES string of the molecule is CCS[C@@H]1CCCCN(C(=O)Nc2ccn(CC(F)F)n2)C1. The number of hydrogen-bond acceptors (Lipinski definition) is 3. The second kappa shape index (κ2) is 8.36. The van der Waals surface area contributed by atoms with Crippen molar-refractivity contribution in [1.82, 2.24) is 14.7 Å². The zero-order chi connectivity index (χ0) is 15.9. The van der Waals surface area contributed by atoms with Gasteiger partial charge in [0.15, 0.2) is 5.82 Å². The smallest absolute Gasteiger partial charge is 0.323 e. The molecule has 0 aliphatic carbocycles. The highest BCUT2D eigenvalue weighted by atomic mass is 32.2. The average Bonchev–Trinajstić information content (AvgIpc) is 2.74. The van der Waals surface area contributed by atoms with Gasteiger partial charge in [-0.15, -0.1) is 0 Å². The van der Waals surface area contributed by atoms with Crippen molar-refractivity contribution in [2.45, 2.75) is 44.4 Å². The molecule has 0 unspecified atom stereocenters. The van der Waals surface area contributed by atoms with Crippen LogP contribution in [-0.4, -0.2) is 51.2 Å². The van der Waals surface area contributed by atoms with E-state index in [1.807, 2.05) is 11.8 Å². The summed E-state index contributed by atoms with van der Waals surface area (Å²) in [4.78, 5) is 14.1. The van der Waals surface area contributed by atoms with Crippen LogP contribution in [0.3, 0.4) is 0 Å². The van der Waals surface area contributed by atoms with Crippen LogP contribution in [-0.2, 0) is 6.54 Å². The Morgan fingerprint density at radius 1 is 1.55 bits per heavy atom. The van der Waals surface area contributed by atoms with E-state index in [1.54, 1.807) is 4.90 Å². The van der Waals surface area contributed by atoms with Crippen molar-refractivity contribution in [3.05, 3.63) is 12.3 Å². The molecule has 22 heavy (non-hydrogen) atoms. The van der Waals surface area contributed by atoms with E-state index >= 15 is 0 Å². The molecular formula is C14H22F2N4OS. The number of urea groups is 1. The molecule has 1 atom stereocenters. The highest BCUT2D eigenvalue weighted by Crippen LogP contribution is 2.22. The first kappa shape index (κ1) is 17.1. The zero-order valence-corrected chi connectivity index (χ0v) is 13.5. The molecule has 2 heterocycles. The Morgan fingerprint density at radius 2 is 2.36 bits per heavy atom. The molecule has 2 rings (SSSR count). The number of aromatic nitrogens is 2. The molecule has 0 bridgehead atoms. The Hall–Kier alpha value is -1.31. The van der Waals surface area contributed by atoms with Crippen LogP contribution in [0, 0.1) is 0 Å². The van der Waals surface area contributed by atoms with E-state index in [1.165, 1.54) is 12.3 Å². The Labute approximate surface area is 133 Å². The van der Waals surface area contributed by atoms with E-state index in [0.29, 0.717) is 11.1 Å². The van der Waals surface area contributed by atoms with Gasteiger partial charge < -0.3 is 4.90 Å². The topological polar surface area (TPSA) is 50.2 Å². The van der Waals surface area contributed by atoms with Gasteiger partial charge >= 0.3 is 6.03 Å². The van der Waals surface area contributed by atoms with Crippen LogP contribution in [0.1, 0.15) is 26.2 Å². The van der Waals surface area contributed by atoms with Crippen LogP contribution in [0.4, 0.5) is 19.4 Å². The van der Waals surface area contributed by atoms with E-state index in [2.05, 4.69) is 17.3 Å². The maximum Gasteiger partial charge on any atom is 0.323 e. The van der Waals surface area contributed by atoms with Gasteiger partial charge in [-0.3, -0.25) is 10.00 Å². The van der Waals surface area contributed by atoms with Gasteiger partial charge in [-0.2, -0.15) is 16.9 Å². The lowest BCUT2D eigenvalue weighted by molar-refractivity contribution is 0.122. The Morgan fingerprint density at radius 3 is 3.09 bits per heavy atom. The van der Waals surface area contributed by atoms with E-state index in [9.17, 15) is 13.6 Å². The van der Waals surface area contributed by atoms with Crippen molar-refractivity contribution in [1.29, 1.82) is 0 Å². The Balaban J connectivity index is 1.91. The number of likely N-dealkylation sites (tertiary alicyclic amines) is 1. The lowest BCUT2D eigenvalue weighted by Crippen LogP contribution is -2.38. The Bertz CT molecular complexity index is 483. The molecule has 0 aromatic carbocycles. The molecule has 1 aromatic rings. The number of anilines is 1. The van der Waals surface area contributed by atoms with Crippen molar-refractivity contribution in [3.8, 4) is 0 Å². The van der Waals surface area contributed by atoms with Crippen molar-refractivity contribution in [3.63, 3.8) is 0 Å². The molecule has 1 aliphatic rings. The zero-order valence-electron chi connectivity index (χ0n) is 12.7. The second-order valence-electron chi connectivity index (χ2n) is 5.26. The van der Waals surface area contributed by atoms with Crippen molar-refractivity contribution < 1.29 is 13.6 Å².